The van der Waals surface area contributed by atoms with E-state index in [1.807, 2.05) is 18.4 Å². The minimum atomic E-state index is -1.73. The first-order valence-corrected chi connectivity index (χ1v) is 11.1. The number of hydrogen-bond acceptors (Lipinski definition) is 6. The third-order valence-corrected chi connectivity index (χ3v) is 6.02. The van der Waals surface area contributed by atoms with Gasteiger partial charge in [-0.05, 0) is 35.4 Å². The number of fused-ring (bicyclic) bond motifs is 1. The molecule has 10 heteroatoms. The third kappa shape index (κ3) is 5.18. The van der Waals surface area contributed by atoms with Crippen LogP contribution in [-0.4, -0.2) is 43.2 Å². The zero-order valence-electron chi connectivity index (χ0n) is 18.7. The minimum Gasteiger partial charge on any atom is -0.381 e. The molecule has 0 bridgehead atoms. The molecule has 35 heavy (non-hydrogen) atoms. The van der Waals surface area contributed by atoms with Crippen molar-refractivity contribution in [2.45, 2.75) is 31.2 Å². The Labute approximate surface area is 199 Å². The van der Waals surface area contributed by atoms with E-state index in [9.17, 15) is 18.3 Å². The topological polar surface area (TPSA) is 78.6 Å². The highest BCUT2D eigenvalue weighted by Gasteiger charge is 2.37. The number of aliphatic imine (C=N–C) groups is 1. The SMILES string of the molecule is OC(CN1C=C2CC(=NCc3ccc(F)cc3)C=CC2N1)(Cn1cncn1)c1ccc(F)cc1F. The van der Waals surface area contributed by atoms with Gasteiger partial charge in [0.1, 0.15) is 35.7 Å². The molecule has 2 heterocycles. The summed E-state index contributed by atoms with van der Waals surface area (Å²) in [5.74, 6) is -1.85. The molecule has 0 saturated carbocycles. The van der Waals surface area contributed by atoms with Crippen molar-refractivity contribution in [3.8, 4) is 0 Å². The minimum absolute atomic E-state index is 0.0225. The standard InChI is InChI=1S/C25H23F3N6O/c26-19-3-1-17(2-4-19)11-30-21-6-8-24-18(9-21)12-33(32-24)13-25(35,14-34-16-29-15-31-34)22-7-5-20(27)10-23(22)28/h1-8,10,12,15-16,24,32,35H,9,11,13-14H2. The van der Waals surface area contributed by atoms with Crippen molar-refractivity contribution in [2.75, 3.05) is 6.54 Å². The van der Waals surface area contributed by atoms with Gasteiger partial charge in [0.15, 0.2) is 0 Å². The van der Waals surface area contributed by atoms with Crippen LogP contribution in [0.15, 0.2) is 84.0 Å². The van der Waals surface area contributed by atoms with E-state index in [2.05, 4.69) is 20.5 Å². The predicted molar refractivity (Wildman–Crippen MR) is 123 cm³/mol. The van der Waals surface area contributed by atoms with Crippen LogP contribution >= 0.6 is 0 Å². The highest BCUT2D eigenvalue weighted by atomic mass is 19.1. The molecule has 2 unspecified atom stereocenters. The number of hydrogen-bond donors (Lipinski definition) is 2. The van der Waals surface area contributed by atoms with Gasteiger partial charge in [-0.2, -0.15) is 5.10 Å². The molecule has 0 fully saturated rings. The van der Waals surface area contributed by atoms with Crippen molar-refractivity contribution in [1.82, 2.24) is 25.2 Å². The summed E-state index contributed by atoms with van der Waals surface area (Å²) >= 11 is 0. The summed E-state index contributed by atoms with van der Waals surface area (Å²) < 4.78 is 42.7. The van der Waals surface area contributed by atoms with Gasteiger partial charge >= 0.3 is 0 Å². The van der Waals surface area contributed by atoms with Gasteiger partial charge in [0, 0.05) is 30.0 Å². The van der Waals surface area contributed by atoms with E-state index < -0.39 is 17.2 Å². The van der Waals surface area contributed by atoms with Crippen molar-refractivity contribution >= 4 is 5.71 Å². The van der Waals surface area contributed by atoms with E-state index in [-0.39, 0.29) is 30.5 Å². The normalized spacial score (nSPS) is 20.1. The van der Waals surface area contributed by atoms with Gasteiger partial charge in [-0.15, -0.1) is 0 Å². The van der Waals surface area contributed by atoms with Crippen molar-refractivity contribution in [3.05, 3.63) is 108 Å². The molecule has 7 nitrogen and oxygen atoms in total. The van der Waals surface area contributed by atoms with Gasteiger partial charge in [-0.1, -0.05) is 24.3 Å². The van der Waals surface area contributed by atoms with Crippen LogP contribution in [0.4, 0.5) is 13.2 Å². The van der Waals surface area contributed by atoms with E-state index in [1.165, 1.54) is 35.5 Å². The van der Waals surface area contributed by atoms with Crippen molar-refractivity contribution < 1.29 is 18.3 Å². The average molecular weight is 480 g/mol. The number of aromatic nitrogens is 3. The lowest BCUT2D eigenvalue weighted by Crippen LogP contribution is -2.47. The molecule has 2 N–H and O–H groups in total. The van der Waals surface area contributed by atoms with Gasteiger partial charge in [0.05, 0.1) is 25.7 Å². The molecule has 2 aromatic carbocycles. The number of allylic oxidation sites excluding steroid dienone is 1. The molecule has 1 aliphatic carbocycles. The summed E-state index contributed by atoms with van der Waals surface area (Å²) in [6.45, 7) is 0.337. The molecule has 3 aromatic rings. The number of halogens is 3. The fraction of sp³-hybridized carbons (Fsp3) is 0.240. The molecule has 1 aliphatic heterocycles. The highest BCUT2D eigenvalue weighted by molar-refractivity contribution is 5.98. The number of nitrogens with zero attached hydrogens (tertiary/aromatic N) is 5. The number of nitrogens with one attached hydrogen (secondary N) is 1. The maximum Gasteiger partial charge on any atom is 0.137 e. The van der Waals surface area contributed by atoms with E-state index in [0.717, 1.165) is 29.0 Å². The number of aliphatic hydroxyl groups is 1. The summed E-state index contributed by atoms with van der Waals surface area (Å²) in [6, 6.07) is 9.26. The Morgan fingerprint density at radius 1 is 1.09 bits per heavy atom. The van der Waals surface area contributed by atoms with Crippen molar-refractivity contribution in [3.63, 3.8) is 0 Å². The first-order chi connectivity index (χ1) is 16.9. The second-order valence-corrected chi connectivity index (χ2v) is 8.66. The number of β-amino-alcohol motifs (C(OH)–C–C–N with tert-alkyl or cyclic N) is 1. The van der Waals surface area contributed by atoms with Crippen molar-refractivity contribution in [2.24, 2.45) is 4.99 Å². The molecule has 0 radical (unpaired) electrons. The lowest BCUT2D eigenvalue weighted by Gasteiger charge is -2.33. The molecular weight excluding hydrogens is 457 g/mol. The van der Waals surface area contributed by atoms with E-state index in [1.54, 1.807) is 17.1 Å². The predicted octanol–water partition coefficient (Wildman–Crippen LogP) is 3.26. The maximum absolute atomic E-state index is 14.7. The smallest absolute Gasteiger partial charge is 0.137 e. The Hall–Kier alpha value is -3.76. The van der Waals surface area contributed by atoms with Crippen LogP contribution in [0.1, 0.15) is 17.5 Å². The molecule has 0 spiro atoms. The Morgan fingerprint density at radius 2 is 1.89 bits per heavy atom. The molecule has 5 rings (SSSR count). The summed E-state index contributed by atoms with van der Waals surface area (Å²) in [5.41, 5.74) is 4.34. The Morgan fingerprint density at radius 3 is 2.63 bits per heavy atom. The molecule has 0 amide bonds. The Balaban J connectivity index is 1.33. The van der Waals surface area contributed by atoms with E-state index in [0.29, 0.717) is 13.0 Å². The Kier molecular flexibility index (Phi) is 6.23. The zero-order valence-corrected chi connectivity index (χ0v) is 18.7. The number of rotatable bonds is 7. The van der Waals surface area contributed by atoms with Crippen LogP contribution in [0.3, 0.4) is 0 Å². The van der Waals surface area contributed by atoms with Gasteiger partial charge in [-0.3, -0.25) is 4.99 Å². The van der Waals surface area contributed by atoms with Crippen LogP contribution < -0.4 is 5.43 Å². The number of benzene rings is 2. The number of hydrazine groups is 1. The van der Waals surface area contributed by atoms with Gasteiger partial charge in [0.25, 0.3) is 0 Å². The lowest BCUT2D eigenvalue weighted by molar-refractivity contribution is -0.0195. The van der Waals surface area contributed by atoms with Gasteiger partial charge in [0.2, 0.25) is 0 Å². The summed E-state index contributed by atoms with van der Waals surface area (Å²) in [5, 5.41) is 17.3. The van der Waals surface area contributed by atoms with Crippen molar-refractivity contribution in [1.29, 1.82) is 0 Å². The van der Waals surface area contributed by atoms with E-state index >= 15 is 0 Å². The second kappa shape index (κ2) is 9.47. The van der Waals surface area contributed by atoms with Crippen LogP contribution in [-0.2, 0) is 18.7 Å². The largest absolute Gasteiger partial charge is 0.381 e. The molecular formula is C25H23F3N6O. The average Bonchev–Trinajstić information content (AvgIpc) is 3.47. The third-order valence-electron chi connectivity index (χ3n) is 6.02. The zero-order chi connectivity index (χ0) is 24.4. The molecule has 1 aromatic heterocycles. The van der Waals surface area contributed by atoms with Crippen LogP contribution in [0.25, 0.3) is 0 Å². The first kappa shape index (κ1) is 23.0. The summed E-state index contributed by atoms with van der Waals surface area (Å²) in [4.78, 5) is 8.51. The molecule has 2 aliphatic rings. The highest BCUT2D eigenvalue weighted by Crippen LogP contribution is 2.30. The maximum atomic E-state index is 14.7. The van der Waals surface area contributed by atoms with Crippen LogP contribution in [0.2, 0.25) is 0 Å². The fourth-order valence-corrected chi connectivity index (χ4v) is 4.31. The van der Waals surface area contributed by atoms with Gasteiger partial charge in [-0.25, -0.2) is 28.3 Å². The fourth-order valence-electron chi connectivity index (χ4n) is 4.31. The van der Waals surface area contributed by atoms with E-state index in [4.69, 9.17) is 0 Å². The lowest BCUT2D eigenvalue weighted by atomic mass is 9.92. The quantitative estimate of drug-likeness (QED) is 0.543. The summed E-state index contributed by atoms with van der Waals surface area (Å²) in [7, 11) is 0. The molecule has 2 atom stereocenters. The molecule has 0 saturated heterocycles. The van der Waals surface area contributed by atoms with Crippen LogP contribution in [0.5, 0.6) is 0 Å². The molecule has 180 valence electrons. The van der Waals surface area contributed by atoms with Gasteiger partial charge < -0.3 is 10.1 Å². The second-order valence-electron chi connectivity index (χ2n) is 8.66. The monoisotopic (exact) mass is 480 g/mol. The summed E-state index contributed by atoms with van der Waals surface area (Å²) in [6.07, 6.45) is 9.11. The Bertz CT molecular complexity index is 1290. The van der Waals surface area contributed by atoms with Crippen LogP contribution in [0, 0.1) is 17.5 Å². The first-order valence-electron chi connectivity index (χ1n) is 11.1.